The van der Waals surface area contributed by atoms with Crippen molar-refractivity contribution in [2.24, 2.45) is 0 Å². The molecular weight excluding hydrogens is 274 g/mol. The van der Waals surface area contributed by atoms with E-state index in [9.17, 15) is 4.79 Å². The summed E-state index contributed by atoms with van der Waals surface area (Å²) >= 11 is 1.53. The summed E-state index contributed by atoms with van der Waals surface area (Å²) in [5, 5.41) is 12.6. The van der Waals surface area contributed by atoms with Crippen LogP contribution in [-0.4, -0.2) is 21.1 Å². The Balaban J connectivity index is 2.11. The molecule has 108 valence electrons. The number of nitrogen functional groups attached to an aromatic ring is 1. The third kappa shape index (κ3) is 2.98. The third-order valence-corrected chi connectivity index (χ3v) is 3.95. The summed E-state index contributed by atoms with van der Waals surface area (Å²) in [5.41, 5.74) is 7.49. The summed E-state index contributed by atoms with van der Waals surface area (Å²) in [5.74, 6) is -0.261. The number of aromatic amines is 1. The van der Waals surface area contributed by atoms with Crippen LogP contribution in [0.25, 0.3) is 0 Å². The standard InChI is InChI=1S/C13H19N5OS/c1-3-5-9-10(14)11(18-17-9)12(19)16-8(4-2)13-15-6-7-20-13/h6-8H,3-5,14H2,1-2H3,(H,16,19)(H,17,18). The van der Waals surface area contributed by atoms with E-state index in [-0.39, 0.29) is 17.6 Å². The number of aryl methyl sites for hydroxylation is 1. The first kappa shape index (κ1) is 14.5. The molecule has 0 bridgehead atoms. The lowest BCUT2D eigenvalue weighted by molar-refractivity contribution is 0.0931. The Labute approximate surface area is 121 Å². The van der Waals surface area contributed by atoms with Crippen LogP contribution in [0.3, 0.4) is 0 Å². The molecule has 0 spiro atoms. The summed E-state index contributed by atoms with van der Waals surface area (Å²) < 4.78 is 0. The van der Waals surface area contributed by atoms with Crippen molar-refractivity contribution in [2.75, 3.05) is 5.73 Å². The highest BCUT2D eigenvalue weighted by Gasteiger charge is 2.21. The van der Waals surface area contributed by atoms with Crippen LogP contribution in [0, 0.1) is 0 Å². The number of rotatable bonds is 6. The fourth-order valence-corrected chi connectivity index (χ4v) is 2.74. The van der Waals surface area contributed by atoms with E-state index < -0.39 is 0 Å². The molecule has 2 rings (SSSR count). The molecule has 1 amide bonds. The van der Waals surface area contributed by atoms with Crippen molar-refractivity contribution in [3.05, 3.63) is 28.0 Å². The fraction of sp³-hybridized carbons (Fsp3) is 0.462. The minimum atomic E-state index is -0.261. The Morgan fingerprint density at radius 1 is 1.55 bits per heavy atom. The van der Waals surface area contributed by atoms with Crippen molar-refractivity contribution < 1.29 is 4.79 Å². The van der Waals surface area contributed by atoms with Crippen LogP contribution in [0.15, 0.2) is 11.6 Å². The second-order valence-electron chi connectivity index (χ2n) is 4.52. The summed E-state index contributed by atoms with van der Waals surface area (Å²) in [6, 6.07) is -0.103. The number of nitrogens with two attached hydrogens (primary N) is 1. The van der Waals surface area contributed by atoms with Gasteiger partial charge in [-0.2, -0.15) is 5.10 Å². The van der Waals surface area contributed by atoms with Crippen LogP contribution < -0.4 is 11.1 Å². The van der Waals surface area contributed by atoms with Gasteiger partial charge in [0.05, 0.1) is 17.4 Å². The van der Waals surface area contributed by atoms with Crippen LogP contribution >= 0.6 is 11.3 Å². The second kappa shape index (κ2) is 6.51. The molecule has 0 fully saturated rings. The number of thiazole rings is 1. The van der Waals surface area contributed by atoms with Crippen LogP contribution in [0.4, 0.5) is 5.69 Å². The van der Waals surface area contributed by atoms with Gasteiger partial charge in [0, 0.05) is 11.6 Å². The molecular formula is C13H19N5OS. The Hall–Kier alpha value is -1.89. The van der Waals surface area contributed by atoms with Crippen molar-refractivity contribution in [1.29, 1.82) is 0 Å². The lowest BCUT2D eigenvalue weighted by Gasteiger charge is -2.13. The van der Waals surface area contributed by atoms with Gasteiger partial charge in [0.25, 0.3) is 5.91 Å². The van der Waals surface area contributed by atoms with Gasteiger partial charge < -0.3 is 11.1 Å². The molecule has 0 radical (unpaired) electrons. The van der Waals surface area contributed by atoms with Gasteiger partial charge in [-0.25, -0.2) is 4.98 Å². The Morgan fingerprint density at radius 2 is 2.35 bits per heavy atom. The number of nitrogens with one attached hydrogen (secondary N) is 2. The minimum absolute atomic E-state index is 0.103. The van der Waals surface area contributed by atoms with Gasteiger partial charge in [-0.05, 0) is 12.8 Å². The van der Waals surface area contributed by atoms with E-state index in [0.717, 1.165) is 30.0 Å². The zero-order valence-electron chi connectivity index (χ0n) is 11.6. The Morgan fingerprint density at radius 3 is 2.95 bits per heavy atom. The molecule has 0 aliphatic rings. The number of nitrogens with zero attached hydrogens (tertiary/aromatic N) is 2. The molecule has 2 aromatic heterocycles. The Kier molecular flexibility index (Phi) is 4.73. The molecule has 6 nitrogen and oxygen atoms in total. The van der Waals surface area contributed by atoms with Crippen molar-refractivity contribution >= 4 is 22.9 Å². The zero-order chi connectivity index (χ0) is 14.5. The van der Waals surface area contributed by atoms with Crippen LogP contribution in [-0.2, 0) is 6.42 Å². The van der Waals surface area contributed by atoms with Gasteiger partial charge in [0.2, 0.25) is 0 Å². The summed E-state index contributed by atoms with van der Waals surface area (Å²) in [7, 11) is 0. The number of carbonyl (C=O) groups excluding carboxylic acids is 1. The molecule has 0 saturated carbocycles. The second-order valence-corrected chi connectivity index (χ2v) is 5.45. The largest absolute Gasteiger partial charge is 0.395 e. The molecule has 0 saturated heterocycles. The molecule has 0 aromatic carbocycles. The lowest BCUT2D eigenvalue weighted by atomic mass is 10.2. The summed E-state index contributed by atoms with van der Waals surface area (Å²) in [6.45, 7) is 4.05. The molecule has 0 aliphatic heterocycles. The average Bonchev–Trinajstić information content (AvgIpc) is 3.07. The van der Waals surface area contributed by atoms with Gasteiger partial charge in [-0.1, -0.05) is 20.3 Å². The maximum Gasteiger partial charge on any atom is 0.274 e. The van der Waals surface area contributed by atoms with Crippen LogP contribution in [0.1, 0.15) is 53.9 Å². The van der Waals surface area contributed by atoms with Gasteiger partial charge in [0.15, 0.2) is 5.69 Å². The summed E-state index contributed by atoms with van der Waals surface area (Å²) in [4.78, 5) is 16.5. The molecule has 2 heterocycles. The first-order chi connectivity index (χ1) is 9.67. The van der Waals surface area contributed by atoms with E-state index in [1.807, 2.05) is 12.3 Å². The van der Waals surface area contributed by atoms with Crippen molar-refractivity contribution in [3.8, 4) is 0 Å². The molecule has 20 heavy (non-hydrogen) atoms. The number of H-pyrrole nitrogens is 1. The molecule has 2 aromatic rings. The van der Waals surface area contributed by atoms with Gasteiger partial charge >= 0.3 is 0 Å². The summed E-state index contributed by atoms with van der Waals surface area (Å²) in [6.07, 6.45) is 4.24. The minimum Gasteiger partial charge on any atom is -0.395 e. The number of hydrogen-bond acceptors (Lipinski definition) is 5. The maximum absolute atomic E-state index is 12.3. The van der Waals surface area contributed by atoms with Crippen LogP contribution in [0.2, 0.25) is 0 Å². The number of amides is 1. The molecule has 1 atom stereocenters. The first-order valence-corrected chi connectivity index (χ1v) is 7.58. The van der Waals surface area contributed by atoms with Crippen molar-refractivity contribution in [3.63, 3.8) is 0 Å². The molecule has 0 aliphatic carbocycles. The Bertz CT molecular complexity index is 563. The maximum atomic E-state index is 12.3. The number of carbonyl (C=O) groups is 1. The van der Waals surface area contributed by atoms with E-state index in [4.69, 9.17) is 5.73 Å². The number of aromatic nitrogens is 3. The lowest BCUT2D eigenvalue weighted by Crippen LogP contribution is -2.29. The highest BCUT2D eigenvalue weighted by molar-refractivity contribution is 7.09. The smallest absolute Gasteiger partial charge is 0.274 e. The predicted molar refractivity (Wildman–Crippen MR) is 79.6 cm³/mol. The molecule has 7 heteroatoms. The topological polar surface area (TPSA) is 96.7 Å². The normalized spacial score (nSPS) is 12.3. The monoisotopic (exact) mass is 293 g/mol. The van der Waals surface area contributed by atoms with E-state index in [1.54, 1.807) is 6.20 Å². The SMILES string of the molecule is CCCc1[nH]nc(C(=O)NC(CC)c2nccs2)c1N. The van der Waals surface area contributed by atoms with E-state index >= 15 is 0 Å². The first-order valence-electron chi connectivity index (χ1n) is 6.70. The van der Waals surface area contributed by atoms with Gasteiger partial charge in [-0.3, -0.25) is 9.89 Å². The highest BCUT2D eigenvalue weighted by atomic mass is 32.1. The van der Waals surface area contributed by atoms with Crippen molar-refractivity contribution in [1.82, 2.24) is 20.5 Å². The molecule has 4 N–H and O–H groups in total. The van der Waals surface area contributed by atoms with E-state index in [2.05, 4.69) is 27.4 Å². The van der Waals surface area contributed by atoms with E-state index in [1.165, 1.54) is 11.3 Å². The number of anilines is 1. The quantitative estimate of drug-likeness (QED) is 0.761. The van der Waals surface area contributed by atoms with Gasteiger partial charge in [0.1, 0.15) is 5.01 Å². The predicted octanol–water partition coefficient (Wildman–Crippen LogP) is 2.28. The van der Waals surface area contributed by atoms with Crippen molar-refractivity contribution in [2.45, 2.75) is 39.2 Å². The third-order valence-electron chi connectivity index (χ3n) is 3.06. The average molecular weight is 293 g/mol. The number of hydrogen-bond donors (Lipinski definition) is 3. The zero-order valence-corrected chi connectivity index (χ0v) is 12.5. The van der Waals surface area contributed by atoms with E-state index in [0.29, 0.717) is 5.69 Å². The fourth-order valence-electron chi connectivity index (χ4n) is 1.97. The van der Waals surface area contributed by atoms with Crippen LogP contribution in [0.5, 0.6) is 0 Å². The molecule has 1 unspecified atom stereocenters. The van der Waals surface area contributed by atoms with Gasteiger partial charge in [-0.15, -0.1) is 11.3 Å². The highest BCUT2D eigenvalue weighted by Crippen LogP contribution is 2.21.